The van der Waals surface area contributed by atoms with Crippen LogP contribution in [0.5, 0.6) is 0 Å². The number of carbonyl (C=O) groups is 1. The van der Waals surface area contributed by atoms with E-state index in [1.165, 1.54) is 0 Å². The molecule has 82 valence electrons. The standard InChI is InChI=1S/C10H12Br2N2O/c1-6(10(15)13-2)14-9-4-3-7(11)5-8(9)12/h3-6,14H,1-2H3,(H,13,15). The maximum Gasteiger partial charge on any atom is 0.241 e. The fourth-order valence-electron chi connectivity index (χ4n) is 1.12. The van der Waals surface area contributed by atoms with E-state index < -0.39 is 0 Å². The van der Waals surface area contributed by atoms with E-state index >= 15 is 0 Å². The van der Waals surface area contributed by atoms with Crippen LogP contribution in [0.1, 0.15) is 6.92 Å². The molecule has 0 fully saturated rings. The van der Waals surface area contributed by atoms with Gasteiger partial charge in [0.2, 0.25) is 5.91 Å². The summed E-state index contributed by atoms with van der Waals surface area (Å²) >= 11 is 6.79. The first-order valence-electron chi connectivity index (χ1n) is 4.47. The molecule has 0 aliphatic carbocycles. The molecule has 0 heterocycles. The average Bonchev–Trinajstić information content (AvgIpc) is 2.20. The first-order chi connectivity index (χ1) is 7.04. The zero-order chi connectivity index (χ0) is 11.4. The highest BCUT2D eigenvalue weighted by molar-refractivity contribution is 9.11. The van der Waals surface area contributed by atoms with E-state index in [-0.39, 0.29) is 11.9 Å². The van der Waals surface area contributed by atoms with Crippen molar-refractivity contribution < 1.29 is 4.79 Å². The molecule has 0 aliphatic heterocycles. The number of rotatable bonds is 3. The van der Waals surface area contributed by atoms with Gasteiger partial charge in [-0.05, 0) is 41.1 Å². The lowest BCUT2D eigenvalue weighted by Crippen LogP contribution is -2.35. The maximum atomic E-state index is 11.3. The largest absolute Gasteiger partial charge is 0.373 e. The molecule has 5 heteroatoms. The number of hydrogen-bond donors (Lipinski definition) is 2. The second-order valence-corrected chi connectivity index (χ2v) is 4.87. The molecular weight excluding hydrogens is 324 g/mol. The van der Waals surface area contributed by atoms with Gasteiger partial charge < -0.3 is 10.6 Å². The fourth-order valence-corrected chi connectivity index (χ4v) is 2.28. The lowest BCUT2D eigenvalue weighted by atomic mass is 10.2. The molecule has 1 unspecified atom stereocenters. The minimum atomic E-state index is -0.257. The van der Waals surface area contributed by atoms with Crippen molar-refractivity contribution in [2.75, 3.05) is 12.4 Å². The number of hydrogen-bond acceptors (Lipinski definition) is 2. The second kappa shape index (κ2) is 5.51. The topological polar surface area (TPSA) is 41.1 Å². The third-order valence-corrected chi connectivity index (χ3v) is 3.09. The minimum Gasteiger partial charge on any atom is -0.373 e. The summed E-state index contributed by atoms with van der Waals surface area (Å²) in [4.78, 5) is 11.3. The molecular formula is C10H12Br2N2O. The van der Waals surface area contributed by atoms with Crippen LogP contribution in [-0.2, 0) is 4.79 Å². The number of amides is 1. The van der Waals surface area contributed by atoms with Crippen LogP contribution in [0.25, 0.3) is 0 Å². The monoisotopic (exact) mass is 334 g/mol. The summed E-state index contributed by atoms with van der Waals surface area (Å²) in [5, 5.41) is 5.70. The molecule has 15 heavy (non-hydrogen) atoms. The number of benzene rings is 1. The SMILES string of the molecule is CNC(=O)C(C)Nc1ccc(Br)cc1Br. The van der Waals surface area contributed by atoms with Gasteiger partial charge in [0.05, 0.1) is 0 Å². The molecule has 2 N–H and O–H groups in total. The number of likely N-dealkylation sites (N-methyl/N-ethyl adjacent to an activating group) is 1. The molecule has 0 aromatic heterocycles. The van der Waals surface area contributed by atoms with Crippen molar-refractivity contribution in [3.8, 4) is 0 Å². The van der Waals surface area contributed by atoms with Gasteiger partial charge in [-0.3, -0.25) is 4.79 Å². The third kappa shape index (κ3) is 3.50. The summed E-state index contributed by atoms with van der Waals surface area (Å²) in [5.74, 6) is -0.0372. The minimum absolute atomic E-state index is 0.0372. The van der Waals surface area contributed by atoms with E-state index in [4.69, 9.17) is 0 Å². The van der Waals surface area contributed by atoms with E-state index in [2.05, 4.69) is 42.5 Å². The number of carbonyl (C=O) groups excluding carboxylic acids is 1. The number of anilines is 1. The van der Waals surface area contributed by atoms with Gasteiger partial charge >= 0.3 is 0 Å². The molecule has 0 aliphatic rings. The van der Waals surface area contributed by atoms with Crippen LogP contribution >= 0.6 is 31.9 Å². The summed E-state index contributed by atoms with van der Waals surface area (Å²) < 4.78 is 1.92. The van der Waals surface area contributed by atoms with E-state index in [0.717, 1.165) is 14.6 Å². The van der Waals surface area contributed by atoms with Crippen LogP contribution < -0.4 is 10.6 Å². The number of nitrogens with one attached hydrogen (secondary N) is 2. The van der Waals surface area contributed by atoms with Gasteiger partial charge in [-0.2, -0.15) is 0 Å². The lowest BCUT2D eigenvalue weighted by Gasteiger charge is -2.14. The summed E-state index contributed by atoms with van der Waals surface area (Å²) in [6, 6.07) is 5.50. The average molecular weight is 336 g/mol. The van der Waals surface area contributed by atoms with Crippen LogP contribution in [-0.4, -0.2) is 19.0 Å². The van der Waals surface area contributed by atoms with Crippen molar-refractivity contribution >= 4 is 43.5 Å². The summed E-state index contributed by atoms with van der Waals surface area (Å²) in [5.41, 5.74) is 0.898. The Balaban J connectivity index is 2.76. The highest BCUT2D eigenvalue weighted by Crippen LogP contribution is 2.26. The highest BCUT2D eigenvalue weighted by atomic mass is 79.9. The van der Waals surface area contributed by atoms with Gasteiger partial charge in [0.1, 0.15) is 6.04 Å². The second-order valence-electron chi connectivity index (χ2n) is 3.10. The van der Waals surface area contributed by atoms with Gasteiger partial charge in [-0.1, -0.05) is 15.9 Å². The predicted octanol–water partition coefficient (Wildman–Crippen LogP) is 2.76. The molecule has 1 atom stereocenters. The first kappa shape index (κ1) is 12.5. The highest BCUT2D eigenvalue weighted by Gasteiger charge is 2.11. The van der Waals surface area contributed by atoms with Crippen molar-refractivity contribution in [2.45, 2.75) is 13.0 Å². The van der Waals surface area contributed by atoms with Crippen molar-refractivity contribution in [1.29, 1.82) is 0 Å². The van der Waals surface area contributed by atoms with Crippen LogP contribution in [0.3, 0.4) is 0 Å². The molecule has 3 nitrogen and oxygen atoms in total. The van der Waals surface area contributed by atoms with E-state index in [1.54, 1.807) is 7.05 Å². The Labute approximate surface area is 106 Å². The lowest BCUT2D eigenvalue weighted by molar-refractivity contribution is -0.121. The van der Waals surface area contributed by atoms with E-state index in [1.807, 2.05) is 25.1 Å². The zero-order valence-electron chi connectivity index (χ0n) is 8.47. The van der Waals surface area contributed by atoms with E-state index in [9.17, 15) is 4.79 Å². The Hall–Kier alpha value is -0.550. The van der Waals surface area contributed by atoms with Crippen LogP contribution in [0, 0.1) is 0 Å². The Morgan fingerprint density at radius 1 is 1.40 bits per heavy atom. The smallest absolute Gasteiger partial charge is 0.241 e. The molecule has 0 spiro atoms. The molecule has 1 rings (SSSR count). The van der Waals surface area contributed by atoms with Crippen LogP contribution in [0.4, 0.5) is 5.69 Å². The third-order valence-electron chi connectivity index (χ3n) is 1.94. The maximum absolute atomic E-state index is 11.3. The molecule has 0 bridgehead atoms. The van der Waals surface area contributed by atoms with Crippen molar-refractivity contribution in [2.24, 2.45) is 0 Å². The summed E-state index contributed by atoms with van der Waals surface area (Å²) in [6.07, 6.45) is 0. The Bertz CT molecular complexity index is 368. The van der Waals surface area contributed by atoms with Crippen molar-refractivity contribution in [1.82, 2.24) is 5.32 Å². The van der Waals surface area contributed by atoms with Gasteiger partial charge in [-0.15, -0.1) is 0 Å². The molecule has 0 saturated carbocycles. The first-order valence-corrected chi connectivity index (χ1v) is 6.06. The number of halogens is 2. The normalized spacial score (nSPS) is 12.0. The van der Waals surface area contributed by atoms with Gasteiger partial charge in [0.25, 0.3) is 0 Å². The van der Waals surface area contributed by atoms with Gasteiger partial charge in [-0.25, -0.2) is 0 Å². The van der Waals surface area contributed by atoms with Crippen LogP contribution in [0.2, 0.25) is 0 Å². The molecule has 1 amide bonds. The molecule has 1 aromatic rings. The summed E-state index contributed by atoms with van der Waals surface area (Å²) in [6.45, 7) is 1.81. The Morgan fingerprint density at radius 2 is 2.07 bits per heavy atom. The zero-order valence-corrected chi connectivity index (χ0v) is 11.6. The van der Waals surface area contributed by atoms with Gasteiger partial charge in [0.15, 0.2) is 0 Å². The van der Waals surface area contributed by atoms with E-state index in [0.29, 0.717) is 0 Å². The predicted molar refractivity (Wildman–Crippen MR) is 69.0 cm³/mol. The molecule has 0 radical (unpaired) electrons. The fraction of sp³-hybridized carbons (Fsp3) is 0.300. The Kier molecular flexibility index (Phi) is 4.60. The summed E-state index contributed by atoms with van der Waals surface area (Å²) in [7, 11) is 1.62. The Morgan fingerprint density at radius 3 is 2.60 bits per heavy atom. The molecule has 0 saturated heterocycles. The van der Waals surface area contributed by atoms with Crippen molar-refractivity contribution in [3.63, 3.8) is 0 Å². The quantitative estimate of drug-likeness (QED) is 0.891. The molecule has 1 aromatic carbocycles. The van der Waals surface area contributed by atoms with Crippen molar-refractivity contribution in [3.05, 3.63) is 27.1 Å². The van der Waals surface area contributed by atoms with Crippen LogP contribution in [0.15, 0.2) is 27.1 Å². The van der Waals surface area contributed by atoms with Gasteiger partial charge in [0, 0.05) is 21.7 Å².